The van der Waals surface area contributed by atoms with Crippen molar-refractivity contribution in [2.24, 2.45) is 7.05 Å². The lowest BCUT2D eigenvalue weighted by atomic mass is 10.0. The molecule has 1 unspecified atom stereocenters. The molecule has 2 aromatic rings. The number of aryl methyl sites for hydroxylation is 2. The molecule has 23 heavy (non-hydrogen) atoms. The Bertz CT molecular complexity index is 635. The average Bonchev–Trinajstić information content (AvgIpc) is 3.20. The fourth-order valence-electron chi connectivity index (χ4n) is 3.33. The van der Waals surface area contributed by atoms with E-state index in [1.165, 1.54) is 5.56 Å². The van der Waals surface area contributed by atoms with Crippen molar-refractivity contribution >= 4 is 6.03 Å². The zero-order valence-corrected chi connectivity index (χ0v) is 13.7. The van der Waals surface area contributed by atoms with Crippen LogP contribution in [0.15, 0.2) is 48.7 Å². The summed E-state index contributed by atoms with van der Waals surface area (Å²) in [6.45, 7) is 1.46. The van der Waals surface area contributed by atoms with Crippen molar-refractivity contribution in [2.45, 2.75) is 38.3 Å². The SMILES string of the molecule is Cn1cccc1CNC(=O)N1CCCC1CCc1ccccc1. The van der Waals surface area contributed by atoms with Gasteiger partial charge >= 0.3 is 6.03 Å². The minimum atomic E-state index is 0.0711. The minimum absolute atomic E-state index is 0.0711. The smallest absolute Gasteiger partial charge is 0.317 e. The van der Waals surface area contributed by atoms with Crippen molar-refractivity contribution in [3.63, 3.8) is 0 Å². The van der Waals surface area contributed by atoms with E-state index < -0.39 is 0 Å². The molecule has 1 fully saturated rings. The highest BCUT2D eigenvalue weighted by atomic mass is 16.2. The van der Waals surface area contributed by atoms with Gasteiger partial charge in [-0.3, -0.25) is 0 Å². The average molecular weight is 311 g/mol. The molecule has 0 aliphatic carbocycles. The normalized spacial score (nSPS) is 17.4. The van der Waals surface area contributed by atoms with E-state index in [2.05, 4.69) is 29.6 Å². The molecule has 1 aliphatic heterocycles. The van der Waals surface area contributed by atoms with Gasteiger partial charge in [0.2, 0.25) is 0 Å². The molecule has 1 aromatic carbocycles. The molecule has 0 bridgehead atoms. The minimum Gasteiger partial charge on any atom is -0.353 e. The van der Waals surface area contributed by atoms with Gasteiger partial charge in [0.1, 0.15) is 0 Å². The van der Waals surface area contributed by atoms with Crippen LogP contribution in [0.3, 0.4) is 0 Å². The molecular weight excluding hydrogens is 286 g/mol. The maximum Gasteiger partial charge on any atom is 0.317 e. The first-order valence-corrected chi connectivity index (χ1v) is 8.42. The van der Waals surface area contributed by atoms with Crippen molar-refractivity contribution in [3.05, 3.63) is 59.9 Å². The van der Waals surface area contributed by atoms with Crippen molar-refractivity contribution < 1.29 is 4.79 Å². The highest BCUT2D eigenvalue weighted by Gasteiger charge is 2.28. The molecule has 4 nitrogen and oxygen atoms in total. The van der Waals surface area contributed by atoms with Crippen molar-refractivity contribution in [1.82, 2.24) is 14.8 Å². The Morgan fingerprint density at radius 1 is 1.22 bits per heavy atom. The van der Waals surface area contributed by atoms with Crippen LogP contribution in [-0.4, -0.2) is 28.1 Å². The van der Waals surface area contributed by atoms with E-state index in [4.69, 9.17) is 0 Å². The summed E-state index contributed by atoms with van der Waals surface area (Å²) in [5, 5.41) is 3.06. The van der Waals surface area contributed by atoms with Crippen molar-refractivity contribution in [2.75, 3.05) is 6.54 Å². The first-order chi connectivity index (χ1) is 11.2. The second-order valence-corrected chi connectivity index (χ2v) is 6.28. The summed E-state index contributed by atoms with van der Waals surface area (Å²) < 4.78 is 2.04. The van der Waals surface area contributed by atoms with Gasteiger partial charge in [-0.25, -0.2) is 4.79 Å². The molecule has 0 spiro atoms. The van der Waals surface area contributed by atoms with Crippen LogP contribution in [0.25, 0.3) is 0 Å². The molecular formula is C19H25N3O. The van der Waals surface area contributed by atoms with Gasteiger partial charge in [0.25, 0.3) is 0 Å². The second-order valence-electron chi connectivity index (χ2n) is 6.28. The number of amides is 2. The molecule has 2 amide bonds. The number of hydrogen-bond donors (Lipinski definition) is 1. The largest absolute Gasteiger partial charge is 0.353 e. The third-order valence-corrected chi connectivity index (χ3v) is 4.72. The van der Waals surface area contributed by atoms with Gasteiger partial charge in [-0.05, 0) is 43.4 Å². The van der Waals surface area contributed by atoms with Crippen LogP contribution >= 0.6 is 0 Å². The predicted molar refractivity (Wildman–Crippen MR) is 92.1 cm³/mol. The van der Waals surface area contributed by atoms with Gasteiger partial charge in [0.05, 0.1) is 6.54 Å². The molecule has 1 atom stereocenters. The van der Waals surface area contributed by atoms with E-state index in [-0.39, 0.29) is 6.03 Å². The number of nitrogens with one attached hydrogen (secondary N) is 1. The molecule has 122 valence electrons. The zero-order chi connectivity index (χ0) is 16.1. The maximum absolute atomic E-state index is 12.5. The molecule has 1 aliphatic rings. The predicted octanol–water partition coefficient (Wildman–Crippen LogP) is 3.33. The van der Waals surface area contributed by atoms with Crippen LogP contribution in [0.1, 0.15) is 30.5 Å². The van der Waals surface area contributed by atoms with Crippen LogP contribution in [0, 0.1) is 0 Å². The van der Waals surface area contributed by atoms with Gasteiger partial charge in [-0.2, -0.15) is 0 Å². The second kappa shape index (κ2) is 7.36. The molecule has 3 rings (SSSR count). The van der Waals surface area contributed by atoms with E-state index in [0.29, 0.717) is 12.6 Å². The lowest BCUT2D eigenvalue weighted by Gasteiger charge is -2.25. The lowest BCUT2D eigenvalue weighted by Crippen LogP contribution is -2.42. The van der Waals surface area contributed by atoms with Crippen LogP contribution in [0.2, 0.25) is 0 Å². The molecule has 1 N–H and O–H groups in total. The van der Waals surface area contributed by atoms with Gasteiger partial charge in [0, 0.05) is 31.5 Å². The molecule has 0 saturated carbocycles. The number of carbonyl (C=O) groups excluding carboxylic acids is 1. The van der Waals surface area contributed by atoms with E-state index in [0.717, 1.165) is 37.9 Å². The van der Waals surface area contributed by atoms with Crippen LogP contribution < -0.4 is 5.32 Å². The summed E-state index contributed by atoms with van der Waals surface area (Å²) in [7, 11) is 2.00. The maximum atomic E-state index is 12.5. The summed E-state index contributed by atoms with van der Waals surface area (Å²) in [6, 6.07) is 15.0. The molecule has 1 saturated heterocycles. The Morgan fingerprint density at radius 3 is 2.78 bits per heavy atom. The quantitative estimate of drug-likeness (QED) is 0.903. The third kappa shape index (κ3) is 3.95. The number of likely N-dealkylation sites (tertiary alicyclic amines) is 1. The molecule has 4 heteroatoms. The molecule has 1 aromatic heterocycles. The Labute approximate surface area is 138 Å². The lowest BCUT2D eigenvalue weighted by molar-refractivity contribution is 0.189. The Hall–Kier alpha value is -2.23. The number of rotatable bonds is 5. The van der Waals surface area contributed by atoms with Gasteiger partial charge in [-0.15, -0.1) is 0 Å². The summed E-state index contributed by atoms with van der Waals surface area (Å²) in [5.41, 5.74) is 2.47. The fraction of sp³-hybridized carbons (Fsp3) is 0.421. The topological polar surface area (TPSA) is 37.3 Å². The van der Waals surface area contributed by atoms with Gasteiger partial charge in [-0.1, -0.05) is 30.3 Å². The van der Waals surface area contributed by atoms with Crippen LogP contribution in [0.5, 0.6) is 0 Å². The highest BCUT2D eigenvalue weighted by molar-refractivity contribution is 5.74. The Morgan fingerprint density at radius 2 is 2.04 bits per heavy atom. The van der Waals surface area contributed by atoms with Crippen LogP contribution in [0.4, 0.5) is 4.79 Å². The number of aromatic nitrogens is 1. The van der Waals surface area contributed by atoms with E-state index in [9.17, 15) is 4.79 Å². The highest BCUT2D eigenvalue weighted by Crippen LogP contribution is 2.22. The zero-order valence-electron chi connectivity index (χ0n) is 13.7. The molecule has 0 radical (unpaired) electrons. The van der Waals surface area contributed by atoms with E-state index in [1.807, 2.05) is 40.9 Å². The van der Waals surface area contributed by atoms with Crippen molar-refractivity contribution in [3.8, 4) is 0 Å². The summed E-state index contributed by atoms with van der Waals surface area (Å²) >= 11 is 0. The standard InChI is InChI=1S/C19H25N3O/c1-21-13-5-10-18(21)15-20-19(23)22-14-6-9-17(22)12-11-16-7-3-2-4-8-16/h2-5,7-8,10,13,17H,6,9,11-12,14-15H2,1H3,(H,20,23). The van der Waals surface area contributed by atoms with E-state index >= 15 is 0 Å². The first kappa shape index (κ1) is 15.7. The van der Waals surface area contributed by atoms with Crippen LogP contribution in [-0.2, 0) is 20.0 Å². The fourth-order valence-corrected chi connectivity index (χ4v) is 3.33. The van der Waals surface area contributed by atoms with Crippen molar-refractivity contribution in [1.29, 1.82) is 0 Å². The third-order valence-electron chi connectivity index (χ3n) is 4.72. The van der Waals surface area contributed by atoms with Gasteiger partial charge < -0.3 is 14.8 Å². The number of urea groups is 1. The number of benzene rings is 1. The van der Waals surface area contributed by atoms with Gasteiger partial charge in [0.15, 0.2) is 0 Å². The number of hydrogen-bond acceptors (Lipinski definition) is 1. The summed E-state index contributed by atoms with van der Waals surface area (Å²) in [5.74, 6) is 0. The summed E-state index contributed by atoms with van der Waals surface area (Å²) in [4.78, 5) is 14.5. The number of carbonyl (C=O) groups is 1. The molecule has 2 heterocycles. The Kier molecular flexibility index (Phi) is 5.01. The number of nitrogens with zero attached hydrogens (tertiary/aromatic N) is 2. The first-order valence-electron chi connectivity index (χ1n) is 8.42. The monoisotopic (exact) mass is 311 g/mol. The summed E-state index contributed by atoms with van der Waals surface area (Å²) in [6.07, 6.45) is 6.30. The Balaban J connectivity index is 1.51. The van der Waals surface area contributed by atoms with E-state index in [1.54, 1.807) is 0 Å².